The first-order valence-corrected chi connectivity index (χ1v) is 13.5. The van der Waals surface area contributed by atoms with Crippen LogP contribution in [-0.2, 0) is 0 Å². The molecule has 0 aliphatic rings. The van der Waals surface area contributed by atoms with Crippen LogP contribution in [0.4, 0.5) is 0 Å². The third-order valence-electron chi connectivity index (χ3n) is 5.85. The van der Waals surface area contributed by atoms with Crippen molar-refractivity contribution in [1.29, 1.82) is 0 Å². The molecule has 0 fully saturated rings. The maximum absolute atomic E-state index is 13.9. The van der Waals surface area contributed by atoms with E-state index in [2.05, 4.69) is 0 Å². The molecule has 0 saturated carbocycles. The van der Waals surface area contributed by atoms with E-state index in [0.717, 1.165) is 0 Å². The molecular weight excluding hydrogens is 530 g/mol. The normalized spacial score (nSPS) is 10.5. The Balaban J connectivity index is 0.00000387. The summed E-state index contributed by atoms with van der Waals surface area (Å²) in [7, 11) is 2.67. The van der Waals surface area contributed by atoms with E-state index in [4.69, 9.17) is 23.7 Å². The zero-order valence-corrected chi connectivity index (χ0v) is 23.0. The third-order valence-corrected chi connectivity index (χ3v) is 7.07. The van der Waals surface area contributed by atoms with Crippen molar-refractivity contribution in [3.8, 4) is 46.0 Å². The van der Waals surface area contributed by atoms with Gasteiger partial charge in [-0.3, -0.25) is 4.79 Å². The molecule has 1 unspecified atom stereocenters. The second-order valence-corrected chi connectivity index (χ2v) is 9.74. The summed E-state index contributed by atoms with van der Waals surface area (Å²) >= 11 is 0. The van der Waals surface area contributed by atoms with E-state index < -0.39 is 0 Å². The zero-order chi connectivity index (χ0) is 27.7. The molecule has 0 N–H and O–H groups in total. The van der Waals surface area contributed by atoms with Crippen molar-refractivity contribution in [1.82, 2.24) is 0 Å². The van der Waals surface area contributed by atoms with Gasteiger partial charge in [0.2, 0.25) is 0 Å². The molecule has 0 heterocycles. The standard InChI is InChI=1S/C33H27O6P.Li.H/c1-35-27-19-12-20-28(36-2)31(27)33(34)40-32-29(38-24-15-8-4-9-16-24)21-26(37-23-13-6-3-7-14-23)22-30(32)39-25-17-10-5-11-18-25;;/h3-22,40H,1-2H3;;. The molecule has 0 radical (unpaired) electrons. The molecule has 41 heavy (non-hydrogen) atoms. The third kappa shape index (κ3) is 7.51. The first-order chi connectivity index (χ1) is 19.6. The van der Waals surface area contributed by atoms with Gasteiger partial charge in [-0.1, -0.05) is 60.7 Å². The second-order valence-electron chi connectivity index (χ2n) is 8.53. The van der Waals surface area contributed by atoms with Gasteiger partial charge in [-0.05, 0) is 57.1 Å². The number of methoxy groups -OCH3 is 2. The van der Waals surface area contributed by atoms with Crippen molar-refractivity contribution in [3.05, 3.63) is 127 Å². The Hall–Kier alpha value is -4.20. The van der Waals surface area contributed by atoms with E-state index in [1.165, 1.54) is 14.2 Å². The number of benzene rings is 5. The minimum absolute atomic E-state index is 0. The Kier molecular flexibility index (Phi) is 10.5. The maximum atomic E-state index is 13.9. The molecule has 6 nitrogen and oxygen atoms in total. The van der Waals surface area contributed by atoms with E-state index in [0.29, 0.717) is 56.9 Å². The minimum atomic E-state index is -0.385. The van der Waals surface area contributed by atoms with Crippen LogP contribution < -0.4 is 29.0 Å². The second kappa shape index (κ2) is 14.4. The van der Waals surface area contributed by atoms with E-state index in [9.17, 15) is 4.79 Å². The average molecular weight is 558 g/mol. The summed E-state index contributed by atoms with van der Waals surface area (Å²) in [6.07, 6.45) is 0. The number of para-hydroxylation sites is 3. The predicted octanol–water partition coefficient (Wildman–Crippen LogP) is 7.58. The molecule has 0 spiro atoms. The SMILES string of the molecule is COc1cccc(OC)c1C(=O)Pc1c(Oc2ccccc2)cc(Oc2ccccc2)cc1Oc1ccccc1.[LiH]. The van der Waals surface area contributed by atoms with Gasteiger partial charge in [0.05, 0.1) is 19.5 Å². The molecule has 0 aliphatic carbocycles. The Morgan fingerprint density at radius 2 is 0.927 bits per heavy atom. The summed E-state index contributed by atoms with van der Waals surface area (Å²) in [5.41, 5.74) is 0.161. The fraction of sp³-hybridized carbons (Fsp3) is 0.0606. The van der Waals surface area contributed by atoms with Crippen LogP contribution in [-0.4, -0.2) is 38.6 Å². The van der Waals surface area contributed by atoms with Gasteiger partial charge in [0.15, 0.2) is 5.52 Å². The summed E-state index contributed by atoms with van der Waals surface area (Å²) in [6, 6.07) is 37.0. The number of carbonyl (C=O) groups excluding carboxylic acids is 1. The van der Waals surface area contributed by atoms with Crippen molar-refractivity contribution in [3.63, 3.8) is 0 Å². The Labute approximate surface area is 253 Å². The fourth-order valence-electron chi connectivity index (χ4n) is 4.02. The van der Waals surface area contributed by atoms with Gasteiger partial charge in [-0.2, -0.15) is 0 Å². The molecule has 202 valence electrons. The summed E-state index contributed by atoms with van der Waals surface area (Å²) in [4.78, 5) is 13.9. The van der Waals surface area contributed by atoms with Gasteiger partial charge in [0.25, 0.3) is 0 Å². The zero-order valence-electron chi connectivity index (χ0n) is 22.0. The van der Waals surface area contributed by atoms with Crippen LogP contribution >= 0.6 is 8.58 Å². The van der Waals surface area contributed by atoms with Gasteiger partial charge >= 0.3 is 18.9 Å². The number of ether oxygens (including phenoxy) is 5. The summed E-state index contributed by atoms with van der Waals surface area (Å²) in [5.74, 6) is 4.10. The number of rotatable bonds is 11. The Morgan fingerprint density at radius 3 is 1.34 bits per heavy atom. The molecule has 5 aromatic carbocycles. The average Bonchev–Trinajstić information content (AvgIpc) is 3.00. The van der Waals surface area contributed by atoms with E-state index in [-0.39, 0.29) is 33.0 Å². The fourth-order valence-corrected chi connectivity index (χ4v) is 5.11. The van der Waals surface area contributed by atoms with Crippen LogP contribution in [0.1, 0.15) is 10.4 Å². The number of carbonyl (C=O) groups is 1. The van der Waals surface area contributed by atoms with Gasteiger partial charge in [-0.25, -0.2) is 0 Å². The van der Waals surface area contributed by atoms with E-state index >= 15 is 0 Å². The number of hydrogen-bond donors (Lipinski definition) is 0. The topological polar surface area (TPSA) is 63.2 Å². The summed E-state index contributed by atoms with van der Waals surface area (Å²) in [5, 5.41) is 0.575. The van der Waals surface area contributed by atoms with Crippen LogP contribution in [0.3, 0.4) is 0 Å². The van der Waals surface area contributed by atoms with Gasteiger partial charge in [-0.15, -0.1) is 0 Å². The summed E-state index contributed by atoms with van der Waals surface area (Å²) in [6.45, 7) is 0. The van der Waals surface area contributed by atoms with Crippen molar-refractivity contribution in [2.75, 3.05) is 14.2 Å². The number of hydrogen-bond acceptors (Lipinski definition) is 6. The van der Waals surface area contributed by atoms with Crippen molar-refractivity contribution in [2.45, 2.75) is 0 Å². The molecule has 0 aromatic heterocycles. The van der Waals surface area contributed by atoms with Crippen molar-refractivity contribution < 1.29 is 28.5 Å². The van der Waals surface area contributed by atoms with Crippen molar-refractivity contribution in [2.24, 2.45) is 0 Å². The molecule has 1 atom stereocenters. The van der Waals surface area contributed by atoms with Crippen LogP contribution in [0.2, 0.25) is 0 Å². The van der Waals surface area contributed by atoms with Crippen LogP contribution in [0.15, 0.2) is 121 Å². The molecule has 0 amide bonds. The monoisotopic (exact) mass is 558 g/mol. The molecule has 0 bridgehead atoms. The molecule has 5 aromatic rings. The quantitative estimate of drug-likeness (QED) is 0.123. The van der Waals surface area contributed by atoms with Crippen molar-refractivity contribution >= 4 is 38.3 Å². The van der Waals surface area contributed by atoms with Crippen LogP contribution in [0, 0.1) is 0 Å². The Morgan fingerprint density at radius 1 is 0.512 bits per heavy atom. The van der Waals surface area contributed by atoms with Crippen LogP contribution in [0.25, 0.3) is 0 Å². The first-order valence-electron chi connectivity index (χ1n) is 12.5. The predicted molar refractivity (Wildman–Crippen MR) is 165 cm³/mol. The molecular formula is C33H28LiO6P. The van der Waals surface area contributed by atoms with E-state index in [1.807, 2.05) is 91.0 Å². The van der Waals surface area contributed by atoms with Gasteiger partial charge in [0.1, 0.15) is 51.6 Å². The van der Waals surface area contributed by atoms with Gasteiger partial charge < -0.3 is 23.7 Å². The molecule has 0 aliphatic heterocycles. The first kappa shape index (κ1) is 29.8. The van der Waals surface area contributed by atoms with Gasteiger partial charge in [0, 0.05) is 12.1 Å². The Bertz CT molecular complexity index is 1500. The molecule has 8 heteroatoms. The van der Waals surface area contributed by atoms with E-state index in [1.54, 1.807) is 30.3 Å². The molecule has 0 saturated heterocycles. The van der Waals surface area contributed by atoms with Crippen LogP contribution in [0.5, 0.6) is 46.0 Å². The molecule has 5 rings (SSSR count). The summed E-state index contributed by atoms with van der Waals surface area (Å²) < 4.78 is 29.9.